The number of aromatic nitrogens is 2. The largest absolute Gasteiger partial charge is 0.440 e. The Hall–Kier alpha value is -2.21. The first-order valence-electron chi connectivity index (χ1n) is 6.83. The number of benzene rings is 1. The minimum atomic E-state index is -0.147. The highest BCUT2D eigenvalue weighted by Gasteiger charge is 2.28. The van der Waals surface area contributed by atoms with E-state index in [1.54, 1.807) is 6.20 Å². The van der Waals surface area contributed by atoms with Crippen LogP contribution in [0.4, 0.5) is 5.69 Å². The zero-order chi connectivity index (χ0) is 14.4. The summed E-state index contributed by atoms with van der Waals surface area (Å²) in [5.74, 6) is 1.15. The van der Waals surface area contributed by atoms with Gasteiger partial charge < -0.3 is 9.73 Å². The van der Waals surface area contributed by atoms with Crippen LogP contribution < -0.4 is 5.32 Å². The van der Waals surface area contributed by atoms with Gasteiger partial charge in [-0.2, -0.15) is 0 Å². The summed E-state index contributed by atoms with van der Waals surface area (Å²) < 4.78 is 5.71. The molecule has 5 nitrogen and oxygen atoms in total. The van der Waals surface area contributed by atoms with Crippen LogP contribution in [0.25, 0.3) is 11.1 Å². The quantitative estimate of drug-likeness (QED) is 0.800. The minimum Gasteiger partial charge on any atom is -0.440 e. The van der Waals surface area contributed by atoms with Crippen LogP contribution in [-0.4, -0.2) is 15.9 Å². The van der Waals surface area contributed by atoms with E-state index in [0.29, 0.717) is 16.5 Å². The second-order valence-electron chi connectivity index (χ2n) is 5.21. The molecule has 1 aliphatic carbocycles. The molecule has 0 bridgehead atoms. The van der Waals surface area contributed by atoms with Crippen molar-refractivity contribution in [3.63, 3.8) is 0 Å². The zero-order valence-corrected chi connectivity index (χ0v) is 12.2. The van der Waals surface area contributed by atoms with Gasteiger partial charge in [-0.3, -0.25) is 4.79 Å². The number of aryl methyl sites for hydroxylation is 1. The summed E-state index contributed by atoms with van der Waals surface area (Å²) in [7, 11) is 0. The van der Waals surface area contributed by atoms with Crippen LogP contribution in [-0.2, 0) is 0 Å². The molecule has 3 aromatic rings. The van der Waals surface area contributed by atoms with Gasteiger partial charge in [0.1, 0.15) is 10.4 Å². The highest BCUT2D eigenvalue weighted by Crippen LogP contribution is 2.40. The first-order valence-corrected chi connectivity index (χ1v) is 7.65. The monoisotopic (exact) mass is 299 g/mol. The summed E-state index contributed by atoms with van der Waals surface area (Å²) in [5, 5.41) is 3.74. The average Bonchev–Trinajstić information content (AvgIpc) is 3.09. The maximum absolute atomic E-state index is 12.1. The summed E-state index contributed by atoms with van der Waals surface area (Å²) in [6.07, 6.45) is 3.90. The maximum atomic E-state index is 12.1. The molecule has 1 N–H and O–H groups in total. The number of nitrogens with one attached hydrogen (secondary N) is 1. The van der Waals surface area contributed by atoms with Gasteiger partial charge in [-0.25, -0.2) is 9.97 Å². The predicted molar refractivity (Wildman–Crippen MR) is 80.8 cm³/mol. The number of carbonyl (C=O) groups excluding carboxylic acids is 1. The number of carbonyl (C=O) groups is 1. The number of rotatable bonds is 3. The van der Waals surface area contributed by atoms with Gasteiger partial charge in [0, 0.05) is 11.6 Å². The molecule has 1 aromatic carbocycles. The molecule has 0 spiro atoms. The Morgan fingerprint density at radius 1 is 1.43 bits per heavy atom. The van der Waals surface area contributed by atoms with E-state index >= 15 is 0 Å². The van der Waals surface area contributed by atoms with Crippen LogP contribution in [0.3, 0.4) is 0 Å². The van der Waals surface area contributed by atoms with Crippen molar-refractivity contribution in [1.82, 2.24) is 9.97 Å². The van der Waals surface area contributed by atoms with E-state index in [9.17, 15) is 4.79 Å². The Bertz CT molecular complexity index is 832. The van der Waals surface area contributed by atoms with Gasteiger partial charge in [0.2, 0.25) is 0 Å². The van der Waals surface area contributed by atoms with Crippen molar-refractivity contribution in [3.8, 4) is 0 Å². The summed E-state index contributed by atoms with van der Waals surface area (Å²) >= 11 is 1.38. The topological polar surface area (TPSA) is 68.0 Å². The first kappa shape index (κ1) is 12.5. The van der Waals surface area contributed by atoms with Crippen molar-refractivity contribution in [2.24, 2.45) is 0 Å². The molecule has 1 fully saturated rings. The molecule has 2 aromatic heterocycles. The molecule has 2 heterocycles. The van der Waals surface area contributed by atoms with E-state index in [0.717, 1.165) is 34.8 Å². The Kier molecular flexibility index (Phi) is 2.78. The highest BCUT2D eigenvalue weighted by molar-refractivity contribution is 7.13. The van der Waals surface area contributed by atoms with Crippen LogP contribution in [0.5, 0.6) is 0 Å². The molecule has 1 amide bonds. The number of oxazole rings is 1. The zero-order valence-electron chi connectivity index (χ0n) is 11.4. The summed E-state index contributed by atoms with van der Waals surface area (Å²) in [4.78, 5) is 21.3. The molecule has 1 aliphatic rings. The fourth-order valence-electron chi connectivity index (χ4n) is 2.19. The predicted octanol–water partition coefficient (Wildman–Crippen LogP) is 3.72. The van der Waals surface area contributed by atoms with E-state index in [1.165, 1.54) is 11.3 Å². The highest BCUT2D eigenvalue weighted by atomic mass is 32.1. The average molecular weight is 299 g/mol. The fraction of sp³-hybridized carbons (Fsp3) is 0.267. The van der Waals surface area contributed by atoms with Crippen LogP contribution in [0, 0.1) is 6.92 Å². The number of hydrogen-bond acceptors (Lipinski definition) is 5. The molecule has 0 saturated heterocycles. The molecule has 0 aliphatic heterocycles. The number of anilines is 1. The van der Waals surface area contributed by atoms with Crippen LogP contribution in [0.2, 0.25) is 0 Å². The molecule has 6 heteroatoms. The molecular formula is C15H13N3O2S. The van der Waals surface area contributed by atoms with Crippen molar-refractivity contribution in [3.05, 3.63) is 40.2 Å². The standard InChI is InChI=1S/C15H13N3O2S/c1-8-16-7-13(21-8)14(19)17-10-4-5-12-11(6-10)18-15(20-12)9-2-3-9/h4-7,9H,2-3H2,1H3,(H,17,19). The molecular weight excluding hydrogens is 286 g/mol. The molecule has 1 saturated carbocycles. The van der Waals surface area contributed by atoms with E-state index in [-0.39, 0.29) is 5.91 Å². The van der Waals surface area contributed by atoms with Gasteiger partial charge >= 0.3 is 0 Å². The van der Waals surface area contributed by atoms with Gasteiger partial charge in [0.05, 0.1) is 11.2 Å². The number of amides is 1. The summed E-state index contributed by atoms with van der Waals surface area (Å²) in [6, 6.07) is 5.52. The SMILES string of the molecule is Cc1ncc(C(=O)Nc2ccc3oc(C4CC4)nc3c2)s1. The van der Waals surface area contributed by atoms with Gasteiger partial charge in [0.15, 0.2) is 11.5 Å². The summed E-state index contributed by atoms with van der Waals surface area (Å²) in [5.41, 5.74) is 2.27. The molecule has 0 radical (unpaired) electrons. The van der Waals surface area contributed by atoms with Crippen molar-refractivity contribution in [2.75, 3.05) is 5.32 Å². The molecule has 0 unspecified atom stereocenters. The maximum Gasteiger partial charge on any atom is 0.267 e. The fourth-order valence-corrected chi connectivity index (χ4v) is 2.86. The van der Waals surface area contributed by atoms with E-state index in [1.807, 2.05) is 25.1 Å². The third kappa shape index (κ3) is 2.42. The van der Waals surface area contributed by atoms with Crippen molar-refractivity contribution in [2.45, 2.75) is 25.7 Å². The molecule has 106 valence electrons. The molecule has 21 heavy (non-hydrogen) atoms. The smallest absolute Gasteiger partial charge is 0.267 e. The van der Waals surface area contributed by atoms with Crippen molar-refractivity contribution >= 4 is 34.0 Å². The van der Waals surface area contributed by atoms with E-state index in [4.69, 9.17) is 4.42 Å². The second kappa shape index (κ2) is 4.66. The number of thiazole rings is 1. The van der Waals surface area contributed by atoms with E-state index in [2.05, 4.69) is 15.3 Å². The van der Waals surface area contributed by atoms with Crippen LogP contribution in [0.15, 0.2) is 28.8 Å². The Morgan fingerprint density at radius 2 is 2.29 bits per heavy atom. The summed E-state index contributed by atoms with van der Waals surface area (Å²) in [6.45, 7) is 1.88. The lowest BCUT2D eigenvalue weighted by molar-refractivity contribution is 0.103. The normalized spacial score (nSPS) is 14.5. The van der Waals surface area contributed by atoms with Gasteiger partial charge in [-0.05, 0) is 38.0 Å². The van der Waals surface area contributed by atoms with Crippen LogP contribution in [0.1, 0.15) is 39.3 Å². The lowest BCUT2D eigenvalue weighted by Gasteiger charge is -2.02. The number of nitrogens with zero attached hydrogens (tertiary/aromatic N) is 2. The second-order valence-corrected chi connectivity index (χ2v) is 6.44. The van der Waals surface area contributed by atoms with Gasteiger partial charge in [-0.15, -0.1) is 11.3 Å². The minimum absolute atomic E-state index is 0.147. The first-order chi connectivity index (χ1) is 10.2. The van der Waals surface area contributed by atoms with Crippen molar-refractivity contribution in [1.29, 1.82) is 0 Å². The molecule has 0 atom stereocenters. The van der Waals surface area contributed by atoms with Gasteiger partial charge in [-0.1, -0.05) is 0 Å². The van der Waals surface area contributed by atoms with Crippen LogP contribution >= 0.6 is 11.3 Å². The Balaban J connectivity index is 1.59. The van der Waals surface area contributed by atoms with Crippen molar-refractivity contribution < 1.29 is 9.21 Å². The lowest BCUT2D eigenvalue weighted by Crippen LogP contribution is -2.09. The Morgan fingerprint density at radius 3 is 3.00 bits per heavy atom. The molecule has 4 rings (SSSR count). The Labute approximate surface area is 125 Å². The number of fused-ring (bicyclic) bond motifs is 1. The van der Waals surface area contributed by atoms with E-state index < -0.39 is 0 Å². The van der Waals surface area contributed by atoms with Gasteiger partial charge in [0.25, 0.3) is 5.91 Å². The number of hydrogen-bond donors (Lipinski definition) is 1. The lowest BCUT2D eigenvalue weighted by atomic mass is 10.3. The third-order valence-electron chi connectivity index (χ3n) is 3.43. The third-order valence-corrected chi connectivity index (χ3v) is 4.35.